The van der Waals surface area contributed by atoms with Gasteiger partial charge in [-0.15, -0.1) is 0 Å². The van der Waals surface area contributed by atoms with Gasteiger partial charge in [-0.1, -0.05) is 115 Å². The number of nitrogens with zero attached hydrogens (tertiary/aromatic N) is 2. The molecule has 0 unspecified atom stereocenters. The third-order valence-corrected chi connectivity index (χ3v) is 9.36. The first-order valence-corrected chi connectivity index (χ1v) is 16.5. The van der Waals surface area contributed by atoms with Crippen LogP contribution in [0, 0.1) is 6.92 Å². The molecule has 7 nitrogen and oxygen atoms in total. The molecule has 44 heavy (non-hydrogen) atoms. The predicted molar refractivity (Wildman–Crippen MR) is 176 cm³/mol. The summed E-state index contributed by atoms with van der Waals surface area (Å²) < 4.78 is 29.1. The lowest BCUT2D eigenvalue weighted by Crippen LogP contribution is -2.53. The number of carbonyl (C=O) groups is 2. The molecule has 9 heteroatoms. The number of unbranched alkanes of at least 4 members (excludes halogenated alkanes) is 1. The molecule has 4 aromatic rings. The lowest BCUT2D eigenvalue weighted by molar-refractivity contribution is -0.140. The van der Waals surface area contributed by atoms with Crippen LogP contribution in [0.1, 0.15) is 36.5 Å². The van der Waals surface area contributed by atoms with Crippen molar-refractivity contribution < 1.29 is 18.0 Å². The molecule has 4 rings (SSSR count). The molecule has 0 saturated heterocycles. The van der Waals surface area contributed by atoms with Crippen molar-refractivity contribution in [1.82, 2.24) is 10.2 Å². The molecule has 0 spiro atoms. The summed E-state index contributed by atoms with van der Waals surface area (Å²) >= 11 is 6.52. The van der Waals surface area contributed by atoms with Gasteiger partial charge in [-0.25, -0.2) is 8.42 Å². The fourth-order valence-corrected chi connectivity index (χ4v) is 6.70. The van der Waals surface area contributed by atoms with Gasteiger partial charge in [-0.3, -0.25) is 13.9 Å². The first-order chi connectivity index (χ1) is 21.2. The molecule has 0 bridgehead atoms. The van der Waals surface area contributed by atoms with Crippen LogP contribution < -0.4 is 9.62 Å². The summed E-state index contributed by atoms with van der Waals surface area (Å²) in [5.74, 6) is -0.823. The number of aryl methyl sites for hydroxylation is 1. The molecule has 4 aromatic carbocycles. The van der Waals surface area contributed by atoms with Crippen LogP contribution >= 0.6 is 11.6 Å². The zero-order valence-electron chi connectivity index (χ0n) is 25.0. The van der Waals surface area contributed by atoms with Gasteiger partial charge in [0.2, 0.25) is 11.8 Å². The normalized spacial score (nSPS) is 11.9. The molecule has 1 atom stereocenters. The maximum atomic E-state index is 14.5. The van der Waals surface area contributed by atoms with E-state index < -0.39 is 28.5 Å². The predicted octanol–water partition coefficient (Wildman–Crippen LogP) is 6.40. The second-order valence-electron chi connectivity index (χ2n) is 10.6. The topological polar surface area (TPSA) is 86.8 Å². The molecule has 0 aromatic heterocycles. The van der Waals surface area contributed by atoms with Gasteiger partial charge in [-0.05, 0) is 48.7 Å². The summed E-state index contributed by atoms with van der Waals surface area (Å²) in [6.07, 6.45) is 1.96. The summed E-state index contributed by atoms with van der Waals surface area (Å²) in [5.41, 5.74) is 2.89. The standard InChI is InChI=1S/C35H38ClN3O4S/c1-3-4-22-37-35(41)33(24-28-15-7-5-8-16-28)38(25-29-17-13-14-27(2)23-29)34(40)26-39(32-21-12-11-20-31(32)36)44(42,43)30-18-9-6-10-19-30/h5-21,23,33H,3-4,22,24-26H2,1-2H3,(H,37,41)/t33-/m1/s1. The Bertz CT molecular complexity index is 1650. The molecular weight excluding hydrogens is 594 g/mol. The van der Waals surface area contributed by atoms with E-state index in [9.17, 15) is 18.0 Å². The van der Waals surface area contributed by atoms with Crippen LogP contribution in [0.25, 0.3) is 0 Å². The van der Waals surface area contributed by atoms with Crippen LogP contribution in [0.3, 0.4) is 0 Å². The van der Waals surface area contributed by atoms with Gasteiger partial charge in [0, 0.05) is 19.5 Å². The number of halogens is 1. The molecule has 0 fully saturated rings. The first kappa shape index (κ1) is 32.8. The molecule has 0 aliphatic carbocycles. The lowest BCUT2D eigenvalue weighted by atomic mass is 10.0. The number of nitrogens with one attached hydrogen (secondary N) is 1. The lowest BCUT2D eigenvalue weighted by Gasteiger charge is -2.34. The van der Waals surface area contributed by atoms with Gasteiger partial charge in [0.25, 0.3) is 10.0 Å². The van der Waals surface area contributed by atoms with E-state index in [1.165, 1.54) is 17.0 Å². The maximum Gasteiger partial charge on any atom is 0.264 e. The Morgan fingerprint density at radius 3 is 2.14 bits per heavy atom. The average Bonchev–Trinajstić information content (AvgIpc) is 3.03. The zero-order valence-corrected chi connectivity index (χ0v) is 26.6. The number of para-hydroxylation sites is 1. The molecule has 1 N–H and O–H groups in total. The van der Waals surface area contributed by atoms with E-state index in [2.05, 4.69) is 5.32 Å². The van der Waals surface area contributed by atoms with Crippen molar-refractivity contribution in [3.8, 4) is 0 Å². The number of carbonyl (C=O) groups excluding carboxylic acids is 2. The minimum atomic E-state index is -4.21. The highest BCUT2D eigenvalue weighted by molar-refractivity contribution is 7.92. The molecule has 0 aliphatic rings. The van der Waals surface area contributed by atoms with Crippen molar-refractivity contribution in [3.63, 3.8) is 0 Å². The highest BCUT2D eigenvalue weighted by atomic mass is 35.5. The minimum Gasteiger partial charge on any atom is -0.354 e. The fraction of sp³-hybridized carbons (Fsp3) is 0.257. The van der Waals surface area contributed by atoms with Crippen molar-refractivity contribution in [1.29, 1.82) is 0 Å². The van der Waals surface area contributed by atoms with Crippen LogP contribution in [0.4, 0.5) is 5.69 Å². The van der Waals surface area contributed by atoms with Gasteiger partial charge < -0.3 is 10.2 Å². The number of sulfonamides is 1. The molecule has 0 aliphatic heterocycles. The molecule has 0 radical (unpaired) electrons. The van der Waals surface area contributed by atoms with Crippen molar-refractivity contribution in [2.24, 2.45) is 0 Å². The second kappa shape index (κ2) is 15.5. The number of amides is 2. The van der Waals surface area contributed by atoms with Gasteiger partial charge in [-0.2, -0.15) is 0 Å². The quantitative estimate of drug-likeness (QED) is 0.163. The van der Waals surface area contributed by atoms with Crippen LogP contribution in [0.2, 0.25) is 5.02 Å². The van der Waals surface area contributed by atoms with Crippen molar-refractivity contribution >= 4 is 39.1 Å². The van der Waals surface area contributed by atoms with E-state index in [0.717, 1.165) is 33.8 Å². The van der Waals surface area contributed by atoms with Gasteiger partial charge in [0.05, 0.1) is 15.6 Å². The molecule has 230 valence electrons. The van der Waals surface area contributed by atoms with Crippen LogP contribution in [0.5, 0.6) is 0 Å². The SMILES string of the molecule is CCCCNC(=O)[C@@H](Cc1ccccc1)N(Cc1cccc(C)c1)C(=O)CN(c1ccccc1Cl)S(=O)(=O)c1ccccc1. The first-order valence-electron chi connectivity index (χ1n) is 14.7. The Kier molecular flexibility index (Phi) is 11.6. The van der Waals surface area contributed by atoms with E-state index in [4.69, 9.17) is 11.6 Å². The Hall–Kier alpha value is -4.14. The van der Waals surface area contributed by atoms with Crippen molar-refractivity contribution in [3.05, 3.63) is 131 Å². The van der Waals surface area contributed by atoms with Gasteiger partial charge >= 0.3 is 0 Å². The largest absolute Gasteiger partial charge is 0.354 e. The third kappa shape index (κ3) is 8.49. The second-order valence-corrected chi connectivity index (χ2v) is 12.9. The van der Waals surface area contributed by atoms with E-state index in [1.807, 2.05) is 68.4 Å². The molecule has 0 saturated carbocycles. The van der Waals surface area contributed by atoms with Gasteiger partial charge in [0.15, 0.2) is 0 Å². The smallest absolute Gasteiger partial charge is 0.264 e. The number of hydrogen-bond donors (Lipinski definition) is 1. The Morgan fingerprint density at radius 1 is 0.841 bits per heavy atom. The third-order valence-electron chi connectivity index (χ3n) is 7.27. The fourth-order valence-electron chi connectivity index (χ4n) is 4.95. The Labute approximate surface area is 265 Å². The summed E-state index contributed by atoms with van der Waals surface area (Å²) in [6.45, 7) is 4.03. The zero-order chi connectivity index (χ0) is 31.5. The molecule has 0 heterocycles. The summed E-state index contributed by atoms with van der Waals surface area (Å²) in [4.78, 5) is 29.8. The number of rotatable bonds is 14. The average molecular weight is 632 g/mol. The van der Waals surface area contributed by atoms with Crippen molar-refractivity contribution in [2.45, 2.75) is 50.6 Å². The Balaban J connectivity index is 1.79. The van der Waals surface area contributed by atoms with E-state index in [0.29, 0.717) is 6.54 Å². The molecular formula is C35H38ClN3O4S. The number of benzene rings is 4. The van der Waals surface area contributed by atoms with Crippen LogP contribution in [-0.4, -0.2) is 44.3 Å². The maximum absolute atomic E-state index is 14.5. The highest BCUT2D eigenvalue weighted by Gasteiger charge is 2.35. The van der Waals surface area contributed by atoms with Crippen LogP contribution in [-0.2, 0) is 32.6 Å². The minimum absolute atomic E-state index is 0.0242. The summed E-state index contributed by atoms with van der Waals surface area (Å²) in [6, 6.07) is 30.8. The number of anilines is 1. The summed E-state index contributed by atoms with van der Waals surface area (Å²) in [7, 11) is -4.21. The van der Waals surface area contributed by atoms with Crippen molar-refractivity contribution in [2.75, 3.05) is 17.4 Å². The number of hydrogen-bond acceptors (Lipinski definition) is 4. The van der Waals surface area contributed by atoms with E-state index >= 15 is 0 Å². The monoisotopic (exact) mass is 631 g/mol. The van der Waals surface area contributed by atoms with Gasteiger partial charge in [0.1, 0.15) is 12.6 Å². The Morgan fingerprint density at radius 2 is 1.48 bits per heavy atom. The van der Waals surface area contributed by atoms with E-state index in [-0.39, 0.29) is 34.5 Å². The summed E-state index contributed by atoms with van der Waals surface area (Å²) in [5, 5.41) is 3.18. The van der Waals surface area contributed by atoms with Crippen LogP contribution in [0.15, 0.2) is 114 Å². The van der Waals surface area contributed by atoms with E-state index in [1.54, 1.807) is 42.5 Å². The highest BCUT2D eigenvalue weighted by Crippen LogP contribution is 2.31. The molecule has 2 amide bonds.